The lowest BCUT2D eigenvalue weighted by atomic mass is 10.1. The van der Waals surface area contributed by atoms with Gasteiger partial charge in [0.1, 0.15) is 0 Å². The maximum atomic E-state index is 4.61. The van der Waals surface area contributed by atoms with E-state index in [1.54, 1.807) is 0 Å². The molecular formula is C18H26N4S. The van der Waals surface area contributed by atoms with Crippen LogP contribution in [-0.2, 0) is 13.0 Å². The molecule has 3 heterocycles. The molecule has 4 nitrogen and oxygen atoms in total. The van der Waals surface area contributed by atoms with Gasteiger partial charge in [0.2, 0.25) is 0 Å². The molecule has 0 amide bonds. The number of nitrogens with zero attached hydrogens (tertiary/aromatic N) is 4. The summed E-state index contributed by atoms with van der Waals surface area (Å²) in [5.41, 5.74) is 2.45. The zero-order chi connectivity index (χ0) is 16.2. The fourth-order valence-corrected chi connectivity index (χ4v) is 4.02. The van der Waals surface area contributed by atoms with Crippen LogP contribution in [0.1, 0.15) is 35.9 Å². The summed E-state index contributed by atoms with van der Waals surface area (Å²) in [4.78, 5) is 15.2. The van der Waals surface area contributed by atoms with Crippen molar-refractivity contribution in [1.82, 2.24) is 14.9 Å². The minimum absolute atomic E-state index is 0.460. The van der Waals surface area contributed by atoms with Crippen molar-refractivity contribution in [1.29, 1.82) is 0 Å². The van der Waals surface area contributed by atoms with Crippen LogP contribution >= 0.6 is 11.3 Å². The van der Waals surface area contributed by atoms with Crippen molar-refractivity contribution in [3.63, 3.8) is 0 Å². The van der Waals surface area contributed by atoms with Crippen LogP contribution in [0.4, 0.5) is 5.13 Å². The Bertz CT molecular complexity index is 633. The summed E-state index contributed by atoms with van der Waals surface area (Å²) in [6.45, 7) is 7.68. The Balaban J connectivity index is 1.56. The van der Waals surface area contributed by atoms with E-state index in [1.165, 1.54) is 34.1 Å². The van der Waals surface area contributed by atoms with Gasteiger partial charge in [-0.05, 0) is 51.4 Å². The minimum atomic E-state index is 0.460. The fourth-order valence-electron chi connectivity index (χ4n) is 3.00. The maximum absolute atomic E-state index is 4.61. The van der Waals surface area contributed by atoms with Gasteiger partial charge in [0.15, 0.2) is 5.13 Å². The highest BCUT2D eigenvalue weighted by Crippen LogP contribution is 2.26. The van der Waals surface area contributed by atoms with E-state index in [2.05, 4.69) is 52.8 Å². The molecular weight excluding hydrogens is 304 g/mol. The van der Waals surface area contributed by atoms with Crippen molar-refractivity contribution in [2.24, 2.45) is 0 Å². The lowest BCUT2D eigenvalue weighted by molar-refractivity contribution is 0.249. The van der Waals surface area contributed by atoms with Gasteiger partial charge in [0.05, 0.1) is 0 Å². The lowest BCUT2D eigenvalue weighted by Gasteiger charge is -2.23. The molecule has 1 saturated heterocycles. The molecule has 5 heteroatoms. The van der Waals surface area contributed by atoms with E-state index in [9.17, 15) is 0 Å². The SMILES string of the molecule is Cc1ccnc(C[C@H](C)N(C)Cc2cnc(N3CCCC3)s2)c1. The zero-order valence-corrected chi connectivity index (χ0v) is 15.1. The van der Waals surface area contributed by atoms with Crippen LogP contribution in [0, 0.1) is 6.92 Å². The number of thiazole rings is 1. The van der Waals surface area contributed by atoms with Crippen LogP contribution < -0.4 is 4.90 Å². The number of aryl methyl sites for hydroxylation is 1. The molecule has 3 rings (SSSR count). The average Bonchev–Trinajstić information content (AvgIpc) is 3.17. The summed E-state index contributed by atoms with van der Waals surface area (Å²) in [6.07, 6.45) is 7.54. The van der Waals surface area contributed by atoms with Gasteiger partial charge >= 0.3 is 0 Å². The molecule has 1 aliphatic rings. The Kier molecular flexibility index (Phi) is 5.28. The number of pyridine rings is 1. The Morgan fingerprint density at radius 2 is 2.09 bits per heavy atom. The largest absolute Gasteiger partial charge is 0.348 e. The van der Waals surface area contributed by atoms with Gasteiger partial charge in [-0.2, -0.15) is 0 Å². The Hall–Kier alpha value is -1.46. The van der Waals surface area contributed by atoms with Crippen molar-refractivity contribution in [2.75, 3.05) is 25.0 Å². The van der Waals surface area contributed by atoms with E-state index in [0.29, 0.717) is 6.04 Å². The molecule has 124 valence electrons. The predicted molar refractivity (Wildman–Crippen MR) is 97.2 cm³/mol. The highest BCUT2D eigenvalue weighted by molar-refractivity contribution is 7.15. The van der Waals surface area contributed by atoms with E-state index in [1.807, 2.05) is 23.7 Å². The number of hydrogen-bond acceptors (Lipinski definition) is 5. The van der Waals surface area contributed by atoms with Gasteiger partial charge in [0, 0.05) is 55.1 Å². The molecule has 23 heavy (non-hydrogen) atoms. The average molecular weight is 331 g/mol. The van der Waals surface area contributed by atoms with Crippen LogP contribution in [-0.4, -0.2) is 41.0 Å². The minimum Gasteiger partial charge on any atom is -0.348 e. The van der Waals surface area contributed by atoms with Crippen LogP contribution in [0.3, 0.4) is 0 Å². The number of rotatable bonds is 6. The first-order valence-corrected chi connectivity index (χ1v) is 9.25. The summed E-state index contributed by atoms with van der Waals surface area (Å²) < 4.78 is 0. The first-order chi connectivity index (χ1) is 11.1. The molecule has 2 aromatic rings. The van der Waals surface area contributed by atoms with Crippen molar-refractivity contribution in [2.45, 2.75) is 45.7 Å². The molecule has 0 bridgehead atoms. The second-order valence-corrected chi connectivity index (χ2v) is 7.69. The number of aromatic nitrogens is 2. The van der Waals surface area contributed by atoms with Crippen molar-refractivity contribution >= 4 is 16.5 Å². The summed E-state index contributed by atoms with van der Waals surface area (Å²) in [7, 11) is 2.19. The Morgan fingerprint density at radius 1 is 1.30 bits per heavy atom. The van der Waals surface area contributed by atoms with Crippen LogP contribution in [0.2, 0.25) is 0 Å². The Morgan fingerprint density at radius 3 is 2.83 bits per heavy atom. The molecule has 0 spiro atoms. The summed E-state index contributed by atoms with van der Waals surface area (Å²) in [6, 6.07) is 4.69. The second-order valence-electron chi connectivity index (χ2n) is 6.60. The molecule has 1 aliphatic heterocycles. The van der Waals surface area contributed by atoms with Crippen molar-refractivity contribution in [3.8, 4) is 0 Å². The molecule has 0 aromatic carbocycles. The van der Waals surface area contributed by atoms with Gasteiger partial charge in [-0.1, -0.05) is 0 Å². The van der Waals surface area contributed by atoms with Gasteiger partial charge in [-0.25, -0.2) is 4.98 Å². The molecule has 1 fully saturated rings. The summed E-state index contributed by atoms with van der Waals surface area (Å²) >= 11 is 1.84. The zero-order valence-electron chi connectivity index (χ0n) is 14.3. The van der Waals surface area contributed by atoms with Crippen molar-refractivity contribution in [3.05, 3.63) is 40.7 Å². The molecule has 2 aromatic heterocycles. The highest BCUT2D eigenvalue weighted by Gasteiger charge is 2.17. The van der Waals surface area contributed by atoms with E-state index in [4.69, 9.17) is 0 Å². The lowest BCUT2D eigenvalue weighted by Crippen LogP contribution is -2.30. The van der Waals surface area contributed by atoms with E-state index in [-0.39, 0.29) is 0 Å². The summed E-state index contributed by atoms with van der Waals surface area (Å²) in [5.74, 6) is 0. The Labute approximate surface area is 143 Å². The van der Waals surface area contributed by atoms with Crippen LogP contribution in [0.15, 0.2) is 24.5 Å². The molecule has 0 aliphatic carbocycles. The van der Waals surface area contributed by atoms with Crippen LogP contribution in [0.5, 0.6) is 0 Å². The topological polar surface area (TPSA) is 32.3 Å². The maximum Gasteiger partial charge on any atom is 0.185 e. The van der Waals surface area contributed by atoms with Gasteiger partial charge in [0.25, 0.3) is 0 Å². The molecule has 0 unspecified atom stereocenters. The summed E-state index contributed by atoms with van der Waals surface area (Å²) in [5, 5.41) is 1.19. The normalized spacial score (nSPS) is 16.3. The standard InChI is InChI=1S/C18H26N4S/c1-14-6-7-19-16(10-14)11-15(2)21(3)13-17-12-20-18(23-17)22-8-4-5-9-22/h6-7,10,12,15H,4-5,8-9,11,13H2,1-3H3/t15-/m0/s1. The number of anilines is 1. The monoisotopic (exact) mass is 330 g/mol. The van der Waals surface area contributed by atoms with E-state index in [0.717, 1.165) is 26.1 Å². The third-order valence-corrected chi connectivity index (χ3v) is 5.60. The molecule has 0 N–H and O–H groups in total. The molecule has 1 atom stereocenters. The molecule has 0 radical (unpaired) electrons. The van der Waals surface area contributed by atoms with Crippen LogP contribution in [0.25, 0.3) is 0 Å². The number of likely N-dealkylation sites (N-methyl/N-ethyl adjacent to an activating group) is 1. The number of hydrogen-bond donors (Lipinski definition) is 0. The van der Waals surface area contributed by atoms with Crippen molar-refractivity contribution < 1.29 is 0 Å². The first kappa shape index (κ1) is 16.4. The third-order valence-electron chi connectivity index (χ3n) is 4.55. The van der Waals surface area contributed by atoms with E-state index < -0.39 is 0 Å². The molecule has 0 saturated carbocycles. The predicted octanol–water partition coefficient (Wildman–Crippen LogP) is 3.51. The second kappa shape index (κ2) is 7.41. The van der Waals surface area contributed by atoms with Gasteiger partial charge in [-0.3, -0.25) is 9.88 Å². The van der Waals surface area contributed by atoms with Gasteiger partial charge < -0.3 is 4.90 Å². The fraction of sp³-hybridized carbons (Fsp3) is 0.556. The quantitative estimate of drug-likeness (QED) is 0.811. The van der Waals surface area contributed by atoms with E-state index >= 15 is 0 Å². The highest BCUT2D eigenvalue weighted by atomic mass is 32.1. The first-order valence-electron chi connectivity index (χ1n) is 8.43. The smallest absolute Gasteiger partial charge is 0.185 e. The third kappa shape index (κ3) is 4.30. The van der Waals surface area contributed by atoms with Gasteiger partial charge in [-0.15, -0.1) is 11.3 Å².